The summed E-state index contributed by atoms with van der Waals surface area (Å²) in [7, 11) is 0. The molecule has 0 bridgehead atoms. The number of phenolic OH excluding ortho intramolecular Hbond substituents is 2. The molecule has 0 atom stereocenters. The number of hydrogen-bond donors (Lipinski definition) is 2. The standard InChI is InChI=1S/C22H20ClNO2/c1-14-9-15(2)22(26)20(10-14)24-13-18-12-16(7-8-21(18)25)11-17-5-3-4-6-19(17)23/h3-10,12-13,25-26H,11H2,1-2H3. The lowest BCUT2D eigenvalue weighted by atomic mass is 10.0. The lowest BCUT2D eigenvalue weighted by Gasteiger charge is -2.07. The van der Waals surface area contributed by atoms with Gasteiger partial charge in [0, 0.05) is 16.8 Å². The Morgan fingerprint density at radius 2 is 1.77 bits per heavy atom. The molecule has 0 saturated carbocycles. The zero-order valence-corrected chi connectivity index (χ0v) is 15.5. The second-order valence-electron chi connectivity index (χ2n) is 6.37. The number of aromatic hydroxyl groups is 2. The Morgan fingerprint density at radius 3 is 2.54 bits per heavy atom. The Balaban J connectivity index is 1.90. The van der Waals surface area contributed by atoms with E-state index in [9.17, 15) is 10.2 Å². The average Bonchev–Trinajstić information content (AvgIpc) is 2.61. The third-order valence-electron chi connectivity index (χ3n) is 4.21. The monoisotopic (exact) mass is 365 g/mol. The van der Waals surface area contributed by atoms with Crippen LogP contribution in [-0.4, -0.2) is 16.4 Å². The number of benzene rings is 3. The van der Waals surface area contributed by atoms with Crippen molar-refractivity contribution in [1.29, 1.82) is 0 Å². The van der Waals surface area contributed by atoms with Gasteiger partial charge in [0.15, 0.2) is 0 Å². The van der Waals surface area contributed by atoms with Crippen LogP contribution in [0.2, 0.25) is 5.02 Å². The lowest BCUT2D eigenvalue weighted by Crippen LogP contribution is -1.92. The van der Waals surface area contributed by atoms with Crippen molar-refractivity contribution in [2.24, 2.45) is 4.99 Å². The molecule has 0 amide bonds. The minimum absolute atomic E-state index is 0.139. The molecule has 3 nitrogen and oxygen atoms in total. The minimum Gasteiger partial charge on any atom is -0.507 e. The minimum atomic E-state index is 0.139. The summed E-state index contributed by atoms with van der Waals surface area (Å²) in [5.41, 5.74) is 4.90. The number of aryl methyl sites for hydroxylation is 2. The summed E-state index contributed by atoms with van der Waals surface area (Å²) in [5, 5.41) is 21.0. The molecule has 0 heterocycles. The molecule has 3 rings (SSSR count). The average molecular weight is 366 g/mol. The van der Waals surface area contributed by atoms with Gasteiger partial charge in [0.25, 0.3) is 0 Å². The highest BCUT2D eigenvalue weighted by Gasteiger charge is 2.07. The Labute approximate surface area is 158 Å². The van der Waals surface area contributed by atoms with E-state index in [1.54, 1.807) is 12.3 Å². The highest BCUT2D eigenvalue weighted by molar-refractivity contribution is 6.31. The van der Waals surface area contributed by atoms with E-state index in [0.717, 1.165) is 27.3 Å². The van der Waals surface area contributed by atoms with Crippen LogP contribution in [0.4, 0.5) is 5.69 Å². The van der Waals surface area contributed by atoms with E-state index in [1.165, 1.54) is 0 Å². The van der Waals surface area contributed by atoms with Gasteiger partial charge in [-0.2, -0.15) is 0 Å². The summed E-state index contributed by atoms with van der Waals surface area (Å²) in [4.78, 5) is 4.36. The lowest BCUT2D eigenvalue weighted by molar-refractivity contribution is 0.472. The Kier molecular flexibility index (Phi) is 5.29. The summed E-state index contributed by atoms with van der Waals surface area (Å²) in [5.74, 6) is 0.291. The van der Waals surface area contributed by atoms with Crippen LogP contribution in [0.25, 0.3) is 0 Å². The zero-order chi connectivity index (χ0) is 18.7. The molecule has 4 heteroatoms. The third-order valence-corrected chi connectivity index (χ3v) is 4.58. The van der Waals surface area contributed by atoms with Crippen LogP contribution >= 0.6 is 11.6 Å². The van der Waals surface area contributed by atoms with E-state index in [1.807, 2.05) is 62.4 Å². The van der Waals surface area contributed by atoms with Crippen molar-refractivity contribution >= 4 is 23.5 Å². The molecule has 0 aliphatic carbocycles. The van der Waals surface area contributed by atoms with Crippen molar-refractivity contribution in [3.8, 4) is 11.5 Å². The van der Waals surface area contributed by atoms with Crippen molar-refractivity contribution in [3.63, 3.8) is 0 Å². The van der Waals surface area contributed by atoms with Crippen LogP contribution in [0.1, 0.15) is 27.8 Å². The Morgan fingerprint density at radius 1 is 1.00 bits per heavy atom. The highest BCUT2D eigenvalue weighted by Crippen LogP contribution is 2.31. The molecule has 0 radical (unpaired) electrons. The molecule has 0 aliphatic heterocycles. The van der Waals surface area contributed by atoms with Crippen LogP contribution in [0.15, 0.2) is 59.6 Å². The molecule has 0 fully saturated rings. The number of nitrogens with zero attached hydrogens (tertiary/aromatic N) is 1. The van der Waals surface area contributed by atoms with Crippen LogP contribution in [0.3, 0.4) is 0 Å². The first-order valence-corrected chi connectivity index (χ1v) is 8.71. The molecule has 0 spiro atoms. The van der Waals surface area contributed by atoms with Gasteiger partial charge in [-0.1, -0.05) is 41.9 Å². The van der Waals surface area contributed by atoms with Gasteiger partial charge in [-0.25, -0.2) is 0 Å². The zero-order valence-electron chi connectivity index (χ0n) is 14.7. The normalized spacial score (nSPS) is 11.2. The smallest absolute Gasteiger partial charge is 0.144 e. The maximum atomic E-state index is 10.2. The van der Waals surface area contributed by atoms with Gasteiger partial charge in [-0.05, 0) is 66.8 Å². The van der Waals surface area contributed by atoms with Crippen molar-refractivity contribution in [1.82, 2.24) is 0 Å². The molecule has 0 unspecified atom stereocenters. The van der Waals surface area contributed by atoms with Gasteiger partial charge in [-0.3, -0.25) is 4.99 Å². The van der Waals surface area contributed by atoms with Crippen LogP contribution < -0.4 is 0 Å². The van der Waals surface area contributed by atoms with E-state index in [4.69, 9.17) is 11.6 Å². The summed E-state index contributed by atoms with van der Waals surface area (Å²) in [6.07, 6.45) is 2.23. The predicted molar refractivity (Wildman–Crippen MR) is 107 cm³/mol. The molecular weight excluding hydrogens is 346 g/mol. The van der Waals surface area contributed by atoms with E-state index in [2.05, 4.69) is 4.99 Å². The first kappa shape index (κ1) is 18.0. The predicted octanol–water partition coefficient (Wildman–Crippen LogP) is 5.71. The molecule has 26 heavy (non-hydrogen) atoms. The van der Waals surface area contributed by atoms with Gasteiger partial charge < -0.3 is 10.2 Å². The summed E-state index contributed by atoms with van der Waals surface area (Å²) >= 11 is 6.23. The fourth-order valence-corrected chi connectivity index (χ4v) is 3.06. The van der Waals surface area contributed by atoms with Gasteiger partial charge in [0.2, 0.25) is 0 Å². The molecule has 3 aromatic carbocycles. The van der Waals surface area contributed by atoms with Gasteiger partial charge >= 0.3 is 0 Å². The molecule has 2 N–H and O–H groups in total. The van der Waals surface area contributed by atoms with E-state index in [-0.39, 0.29) is 11.5 Å². The Hall–Kier alpha value is -2.78. The second-order valence-corrected chi connectivity index (χ2v) is 6.78. The molecular formula is C22H20ClNO2. The van der Waals surface area contributed by atoms with Crippen molar-refractivity contribution in [3.05, 3.63) is 87.4 Å². The van der Waals surface area contributed by atoms with Crippen molar-refractivity contribution in [2.45, 2.75) is 20.3 Å². The first-order valence-electron chi connectivity index (χ1n) is 8.33. The summed E-state index contributed by atoms with van der Waals surface area (Å²) in [6.45, 7) is 3.79. The van der Waals surface area contributed by atoms with E-state index < -0.39 is 0 Å². The topological polar surface area (TPSA) is 52.8 Å². The third kappa shape index (κ3) is 4.06. The molecule has 0 aromatic heterocycles. The van der Waals surface area contributed by atoms with Crippen molar-refractivity contribution in [2.75, 3.05) is 0 Å². The van der Waals surface area contributed by atoms with Crippen molar-refractivity contribution < 1.29 is 10.2 Å². The highest BCUT2D eigenvalue weighted by atomic mass is 35.5. The Bertz CT molecular complexity index is 980. The molecule has 0 aliphatic rings. The number of halogens is 1. The number of phenols is 2. The second kappa shape index (κ2) is 7.63. The maximum Gasteiger partial charge on any atom is 0.144 e. The maximum absolute atomic E-state index is 10.2. The van der Waals surface area contributed by atoms with Gasteiger partial charge in [0.05, 0.1) is 0 Å². The van der Waals surface area contributed by atoms with Gasteiger partial charge in [0.1, 0.15) is 17.2 Å². The van der Waals surface area contributed by atoms with E-state index >= 15 is 0 Å². The van der Waals surface area contributed by atoms with E-state index in [0.29, 0.717) is 17.7 Å². The van der Waals surface area contributed by atoms with Gasteiger partial charge in [-0.15, -0.1) is 0 Å². The first-order chi connectivity index (χ1) is 12.4. The number of hydrogen-bond acceptors (Lipinski definition) is 3. The van der Waals surface area contributed by atoms with Crippen LogP contribution in [-0.2, 0) is 6.42 Å². The quantitative estimate of drug-likeness (QED) is 0.582. The van der Waals surface area contributed by atoms with Crippen LogP contribution in [0.5, 0.6) is 11.5 Å². The largest absolute Gasteiger partial charge is 0.507 e. The SMILES string of the molecule is Cc1cc(C)c(O)c(N=Cc2cc(Cc3ccccc3Cl)ccc2O)c1. The molecule has 0 saturated heterocycles. The molecule has 3 aromatic rings. The molecule has 132 valence electrons. The fraction of sp³-hybridized carbons (Fsp3) is 0.136. The fourth-order valence-electron chi connectivity index (χ4n) is 2.85. The van der Waals surface area contributed by atoms with Crippen LogP contribution in [0, 0.1) is 13.8 Å². The number of aliphatic imine (C=N–C) groups is 1. The number of rotatable bonds is 4. The summed E-state index contributed by atoms with van der Waals surface area (Å²) in [6, 6.07) is 16.8. The summed E-state index contributed by atoms with van der Waals surface area (Å²) < 4.78 is 0.